The van der Waals surface area contributed by atoms with Crippen molar-refractivity contribution in [2.24, 2.45) is 0 Å². The molecule has 0 spiro atoms. The molecule has 2 atom stereocenters. The van der Waals surface area contributed by atoms with Gasteiger partial charge in [-0.3, -0.25) is 0 Å². The summed E-state index contributed by atoms with van der Waals surface area (Å²) in [7, 11) is 0. The van der Waals surface area contributed by atoms with E-state index in [-0.39, 0.29) is 6.04 Å². The van der Waals surface area contributed by atoms with E-state index >= 15 is 0 Å². The van der Waals surface area contributed by atoms with E-state index in [2.05, 4.69) is 62.4 Å². The van der Waals surface area contributed by atoms with Gasteiger partial charge in [0, 0.05) is 17.1 Å². The van der Waals surface area contributed by atoms with Crippen LogP contribution in [0.5, 0.6) is 0 Å². The van der Waals surface area contributed by atoms with Gasteiger partial charge in [-0.2, -0.15) is 0 Å². The van der Waals surface area contributed by atoms with Crippen LogP contribution in [0.15, 0.2) is 17.5 Å². The van der Waals surface area contributed by atoms with E-state index in [1.54, 1.807) is 11.3 Å². The van der Waals surface area contributed by atoms with Crippen molar-refractivity contribution in [2.75, 3.05) is 0 Å². The quantitative estimate of drug-likeness (QED) is 0.875. The lowest BCUT2D eigenvalue weighted by Crippen LogP contribution is -2.23. The summed E-state index contributed by atoms with van der Waals surface area (Å²) in [4.78, 5) is 4.57. The van der Waals surface area contributed by atoms with Crippen LogP contribution in [-0.4, -0.2) is 4.98 Å². The van der Waals surface area contributed by atoms with Crippen molar-refractivity contribution in [3.63, 3.8) is 0 Å². The lowest BCUT2D eigenvalue weighted by atomic mass is 9.96. The third-order valence-electron chi connectivity index (χ3n) is 3.86. The smallest absolute Gasteiger partial charge is 0.110 e. The van der Waals surface area contributed by atoms with E-state index in [0.717, 1.165) is 10.7 Å². The summed E-state index contributed by atoms with van der Waals surface area (Å²) in [6.45, 7) is 13.0. The second-order valence-electron chi connectivity index (χ2n) is 5.73. The van der Waals surface area contributed by atoms with Gasteiger partial charge in [-0.15, -0.1) is 11.3 Å². The third kappa shape index (κ3) is 3.28. The van der Waals surface area contributed by atoms with Crippen molar-refractivity contribution in [1.29, 1.82) is 0 Å². The standard InChI is InChI=1S/C17H24N2S/c1-10-7-12(3)16(8-11(10)2)14(5)19-15(6)17-18-13(4)9-20-17/h7-9,14-15,19H,1-6H3. The molecule has 1 aromatic heterocycles. The van der Waals surface area contributed by atoms with Crippen molar-refractivity contribution >= 4 is 11.3 Å². The average Bonchev–Trinajstić information content (AvgIpc) is 2.80. The molecule has 2 aromatic rings. The number of thiazole rings is 1. The van der Waals surface area contributed by atoms with Gasteiger partial charge in [-0.25, -0.2) is 4.98 Å². The third-order valence-corrected chi connectivity index (χ3v) is 5.00. The number of hydrogen-bond donors (Lipinski definition) is 1. The van der Waals surface area contributed by atoms with Crippen molar-refractivity contribution in [1.82, 2.24) is 10.3 Å². The van der Waals surface area contributed by atoms with Crippen molar-refractivity contribution in [3.8, 4) is 0 Å². The Morgan fingerprint density at radius 1 is 0.950 bits per heavy atom. The fourth-order valence-corrected chi connectivity index (χ4v) is 3.37. The molecule has 2 unspecified atom stereocenters. The highest BCUT2D eigenvalue weighted by atomic mass is 32.1. The topological polar surface area (TPSA) is 24.9 Å². The predicted molar refractivity (Wildman–Crippen MR) is 87.5 cm³/mol. The van der Waals surface area contributed by atoms with Crippen LogP contribution >= 0.6 is 11.3 Å². The molecule has 20 heavy (non-hydrogen) atoms. The zero-order valence-corrected chi connectivity index (χ0v) is 14.1. The van der Waals surface area contributed by atoms with Gasteiger partial charge in [0.05, 0.1) is 6.04 Å². The summed E-state index contributed by atoms with van der Waals surface area (Å²) < 4.78 is 0. The van der Waals surface area contributed by atoms with Gasteiger partial charge >= 0.3 is 0 Å². The molecule has 0 aliphatic heterocycles. The molecule has 0 aliphatic carbocycles. The average molecular weight is 288 g/mol. The van der Waals surface area contributed by atoms with Gasteiger partial charge in [-0.1, -0.05) is 12.1 Å². The van der Waals surface area contributed by atoms with Crippen LogP contribution in [0.4, 0.5) is 0 Å². The zero-order chi connectivity index (χ0) is 14.9. The molecule has 0 amide bonds. The summed E-state index contributed by atoms with van der Waals surface area (Å²) in [5, 5.41) is 6.93. The van der Waals surface area contributed by atoms with Gasteiger partial charge in [0.1, 0.15) is 5.01 Å². The number of nitrogens with zero attached hydrogens (tertiary/aromatic N) is 1. The Kier molecular flexibility index (Phi) is 4.61. The van der Waals surface area contributed by atoms with Crippen LogP contribution in [0.25, 0.3) is 0 Å². The highest BCUT2D eigenvalue weighted by Gasteiger charge is 2.15. The van der Waals surface area contributed by atoms with Crippen LogP contribution in [0.3, 0.4) is 0 Å². The molecular formula is C17H24N2S. The maximum absolute atomic E-state index is 4.57. The van der Waals surface area contributed by atoms with Crippen LogP contribution in [0, 0.1) is 27.7 Å². The first kappa shape index (κ1) is 15.2. The molecule has 1 N–H and O–H groups in total. The zero-order valence-electron chi connectivity index (χ0n) is 13.2. The molecule has 1 aromatic carbocycles. The number of hydrogen-bond acceptors (Lipinski definition) is 3. The second-order valence-corrected chi connectivity index (χ2v) is 6.62. The molecule has 2 nitrogen and oxygen atoms in total. The fraction of sp³-hybridized carbons (Fsp3) is 0.471. The van der Waals surface area contributed by atoms with E-state index in [4.69, 9.17) is 0 Å². The number of rotatable bonds is 4. The minimum Gasteiger partial charge on any atom is -0.302 e. The Bertz CT molecular complexity index is 601. The summed E-state index contributed by atoms with van der Waals surface area (Å²) in [6.07, 6.45) is 0. The molecule has 0 saturated heterocycles. The first-order chi connectivity index (χ1) is 9.38. The Hall–Kier alpha value is -1.19. The molecule has 0 aliphatic rings. The Labute approximate surface area is 126 Å². The molecule has 2 rings (SSSR count). The molecular weight excluding hydrogens is 264 g/mol. The second kappa shape index (κ2) is 6.06. The van der Waals surface area contributed by atoms with E-state index in [1.807, 2.05) is 6.92 Å². The monoisotopic (exact) mass is 288 g/mol. The van der Waals surface area contributed by atoms with Crippen LogP contribution < -0.4 is 5.32 Å². The van der Waals surface area contributed by atoms with Crippen LogP contribution in [0.2, 0.25) is 0 Å². The summed E-state index contributed by atoms with van der Waals surface area (Å²) >= 11 is 1.73. The number of aryl methyl sites for hydroxylation is 4. The largest absolute Gasteiger partial charge is 0.302 e. The Balaban J connectivity index is 2.16. The van der Waals surface area contributed by atoms with E-state index in [1.165, 1.54) is 22.3 Å². The van der Waals surface area contributed by atoms with Crippen molar-refractivity contribution in [3.05, 3.63) is 50.5 Å². The molecule has 0 saturated carbocycles. The maximum Gasteiger partial charge on any atom is 0.110 e. The minimum absolute atomic E-state index is 0.282. The lowest BCUT2D eigenvalue weighted by molar-refractivity contribution is 0.491. The van der Waals surface area contributed by atoms with Gasteiger partial charge in [0.25, 0.3) is 0 Å². The predicted octanol–water partition coefficient (Wildman–Crippen LogP) is 4.79. The van der Waals surface area contributed by atoms with E-state index < -0.39 is 0 Å². The SMILES string of the molecule is Cc1csc(C(C)NC(C)c2cc(C)c(C)cc2C)n1. The molecule has 108 valence electrons. The summed E-state index contributed by atoms with van der Waals surface area (Å²) in [5.74, 6) is 0. The lowest BCUT2D eigenvalue weighted by Gasteiger charge is -2.21. The number of aromatic nitrogens is 1. The highest BCUT2D eigenvalue weighted by Crippen LogP contribution is 2.25. The van der Waals surface area contributed by atoms with Crippen LogP contribution in [0.1, 0.15) is 58.9 Å². The molecule has 0 fully saturated rings. The summed E-state index contributed by atoms with van der Waals surface area (Å²) in [5.41, 5.74) is 6.57. The van der Waals surface area contributed by atoms with Crippen LogP contribution in [-0.2, 0) is 0 Å². The minimum atomic E-state index is 0.282. The van der Waals surface area contributed by atoms with E-state index in [9.17, 15) is 0 Å². The molecule has 1 heterocycles. The molecule has 3 heteroatoms. The normalized spacial score (nSPS) is 14.3. The van der Waals surface area contributed by atoms with E-state index in [0.29, 0.717) is 6.04 Å². The first-order valence-corrected chi connectivity index (χ1v) is 8.02. The fourth-order valence-electron chi connectivity index (χ4n) is 2.56. The Morgan fingerprint density at radius 2 is 1.60 bits per heavy atom. The van der Waals surface area contributed by atoms with Crippen molar-refractivity contribution < 1.29 is 0 Å². The van der Waals surface area contributed by atoms with Gasteiger partial charge < -0.3 is 5.32 Å². The number of benzene rings is 1. The van der Waals surface area contributed by atoms with Gasteiger partial charge in [0.15, 0.2) is 0 Å². The summed E-state index contributed by atoms with van der Waals surface area (Å²) in [6, 6.07) is 5.20. The highest BCUT2D eigenvalue weighted by molar-refractivity contribution is 7.09. The molecule has 0 radical (unpaired) electrons. The van der Waals surface area contributed by atoms with Gasteiger partial charge in [0.2, 0.25) is 0 Å². The first-order valence-electron chi connectivity index (χ1n) is 7.14. The van der Waals surface area contributed by atoms with Crippen molar-refractivity contribution in [2.45, 2.75) is 53.6 Å². The number of nitrogens with one attached hydrogen (secondary N) is 1. The Morgan fingerprint density at radius 3 is 2.20 bits per heavy atom. The molecule has 0 bridgehead atoms. The van der Waals surface area contributed by atoms with Gasteiger partial charge in [-0.05, 0) is 63.8 Å². The maximum atomic E-state index is 4.57.